The van der Waals surface area contributed by atoms with E-state index in [0.717, 1.165) is 29.7 Å². The van der Waals surface area contributed by atoms with Crippen LogP contribution in [0.1, 0.15) is 34.5 Å². The van der Waals surface area contributed by atoms with E-state index in [4.69, 9.17) is 0 Å². The lowest BCUT2D eigenvalue weighted by Crippen LogP contribution is -2.31. The Hall–Kier alpha value is -4.53. The predicted octanol–water partition coefficient (Wildman–Crippen LogP) is 3.56. The molecule has 4 aliphatic rings. The van der Waals surface area contributed by atoms with Gasteiger partial charge in [-0.25, -0.2) is 15.0 Å². The molecule has 0 saturated heterocycles. The molecule has 2 aliphatic heterocycles. The van der Waals surface area contributed by atoms with Gasteiger partial charge in [-0.1, -0.05) is 24.3 Å². The summed E-state index contributed by atoms with van der Waals surface area (Å²) in [5.74, 6) is 1.57. The molecule has 184 valence electrons. The number of phenolic OH excluding ortho intramolecular Hbond substituents is 1. The van der Waals surface area contributed by atoms with E-state index in [-0.39, 0.29) is 35.1 Å². The number of nitrogens with one attached hydrogen (secondary N) is 2. The summed E-state index contributed by atoms with van der Waals surface area (Å²) in [4.78, 5) is 40.8. The molecular formula is C28H24N6O3. The number of carbonyl (C=O) groups is 2. The summed E-state index contributed by atoms with van der Waals surface area (Å²) >= 11 is 0. The third-order valence-corrected chi connectivity index (χ3v) is 7.99. The molecule has 4 heterocycles. The van der Waals surface area contributed by atoms with Crippen molar-refractivity contribution in [3.05, 3.63) is 89.7 Å². The molecule has 1 spiro atoms. The average Bonchev–Trinajstić information content (AvgIpc) is 3.57. The summed E-state index contributed by atoms with van der Waals surface area (Å²) in [6.45, 7) is 0.537. The minimum absolute atomic E-state index is 0.0302. The highest BCUT2D eigenvalue weighted by Gasteiger charge is 2.54. The minimum Gasteiger partial charge on any atom is -0.508 e. The number of benzene rings is 1. The Kier molecular flexibility index (Phi) is 4.69. The first-order valence-corrected chi connectivity index (χ1v) is 12.4. The van der Waals surface area contributed by atoms with Gasteiger partial charge in [-0.05, 0) is 54.9 Å². The lowest BCUT2D eigenvalue weighted by molar-refractivity contribution is -0.120. The van der Waals surface area contributed by atoms with Crippen LogP contribution in [0, 0.1) is 11.8 Å². The van der Waals surface area contributed by atoms with Crippen LogP contribution >= 0.6 is 0 Å². The van der Waals surface area contributed by atoms with Crippen LogP contribution in [0.5, 0.6) is 5.75 Å². The number of phenols is 1. The van der Waals surface area contributed by atoms with E-state index in [0.29, 0.717) is 30.3 Å². The van der Waals surface area contributed by atoms with Gasteiger partial charge in [-0.3, -0.25) is 9.59 Å². The third-order valence-electron chi connectivity index (χ3n) is 7.99. The number of amides is 2. The lowest BCUT2D eigenvalue weighted by Gasteiger charge is -2.20. The normalized spacial score (nSPS) is 24.9. The molecule has 3 aromatic rings. The SMILES string of the molecule is O=C(c1cc(NC2=CC3CC4(CC3C=C2)C(=O)Nc2ncccc24)ncn1)N1CCc2ccc(O)cc21. The molecule has 0 bridgehead atoms. The van der Waals surface area contributed by atoms with E-state index in [1.54, 1.807) is 29.3 Å². The van der Waals surface area contributed by atoms with Crippen molar-refractivity contribution in [2.45, 2.75) is 24.7 Å². The zero-order chi connectivity index (χ0) is 25.1. The van der Waals surface area contributed by atoms with Gasteiger partial charge in [0.05, 0.1) is 11.1 Å². The quantitative estimate of drug-likeness (QED) is 0.511. The zero-order valence-electron chi connectivity index (χ0n) is 19.9. The van der Waals surface area contributed by atoms with Crippen molar-refractivity contribution in [2.24, 2.45) is 11.8 Å². The largest absolute Gasteiger partial charge is 0.508 e. The van der Waals surface area contributed by atoms with Gasteiger partial charge >= 0.3 is 0 Å². The van der Waals surface area contributed by atoms with Crippen LogP contribution in [0.25, 0.3) is 0 Å². The Labute approximate surface area is 213 Å². The number of hydrogen-bond acceptors (Lipinski definition) is 7. The first-order valence-electron chi connectivity index (χ1n) is 12.4. The van der Waals surface area contributed by atoms with E-state index in [1.807, 2.05) is 24.3 Å². The van der Waals surface area contributed by atoms with Crippen molar-refractivity contribution in [1.29, 1.82) is 0 Å². The van der Waals surface area contributed by atoms with Crippen LogP contribution in [-0.2, 0) is 16.6 Å². The molecule has 3 atom stereocenters. The Balaban J connectivity index is 1.10. The number of hydrogen-bond donors (Lipinski definition) is 3. The molecule has 7 rings (SSSR count). The van der Waals surface area contributed by atoms with E-state index < -0.39 is 5.41 Å². The fraction of sp³-hybridized carbons (Fsp3) is 0.250. The van der Waals surface area contributed by atoms with E-state index in [2.05, 4.69) is 37.7 Å². The molecular weight excluding hydrogens is 468 g/mol. The predicted molar refractivity (Wildman–Crippen MR) is 137 cm³/mol. The molecule has 1 saturated carbocycles. The van der Waals surface area contributed by atoms with Crippen molar-refractivity contribution in [3.8, 4) is 5.75 Å². The van der Waals surface area contributed by atoms with E-state index >= 15 is 0 Å². The summed E-state index contributed by atoms with van der Waals surface area (Å²) in [5, 5.41) is 16.2. The molecule has 2 amide bonds. The van der Waals surface area contributed by atoms with Gasteiger partial charge in [0.2, 0.25) is 5.91 Å². The molecule has 0 radical (unpaired) electrons. The maximum absolute atomic E-state index is 13.2. The molecule has 9 nitrogen and oxygen atoms in total. The fourth-order valence-electron chi connectivity index (χ4n) is 6.23. The highest BCUT2D eigenvalue weighted by molar-refractivity contribution is 6.07. The van der Waals surface area contributed by atoms with E-state index in [1.165, 1.54) is 6.33 Å². The molecule has 3 N–H and O–H groups in total. The van der Waals surface area contributed by atoms with Gasteiger partial charge in [0.15, 0.2) is 0 Å². The topological polar surface area (TPSA) is 120 Å². The number of rotatable bonds is 3. The van der Waals surface area contributed by atoms with Gasteiger partial charge in [0.25, 0.3) is 5.91 Å². The molecule has 2 aliphatic carbocycles. The highest BCUT2D eigenvalue weighted by atomic mass is 16.3. The summed E-state index contributed by atoms with van der Waals surface area (Å²) in [7, 11) is 0. The maximum Gasteiger partial charge on any atom is 0.277 e. The minimum atomic E-state index is -0.551. The first-order chi connectivity index (χ1) is 18.0. The number of allylic oxidation sites excluding steroid dienone is 3. The second kappa shape index (κ2) is 7.99. The van der Waals surface area contributed by atoms with Crippen LogP contribution in [0.4, 0.5) is 17.3 Å². The average molecular weight is 493 g/mol. The molecule has 1 aromatic carbocycles. The second-order valence-corrected chi connectivity index (χ2v) is 10.1. The van der Waals surface area contributed by atoms with Gasteiger partial charge in [0, 0.05) is 36.1 Å². The Morgan fingerprint density at radius 2 is 2.03 bits per heavy atom. The van der Waals surface area contributed by atoms with Crippen molar-refractivity contribution in [1.82, 2.24) is 15.0 Å². The van der Waals surface area contributed by atoms with Gasteiger partial charge in [-0.2, -0.15) is 0 Å². The number of pyridine rings is 1. The zero-order valence-corrected chi connectivity index (χ0v) is 19.9. The number of nitrogens with zero attached hydrogens (tertiary/aromatic N) is 4. The Morgan fingerprint density at radius 3 is 2.95 bits per heavy atom. The van der Waals surface area contributed by atoms with E-state index in [9.17, 15) is 14.7 Å². The summed E-state index contributed by atoms with van der Waals surface area (Å²) in [6, 6.07) is 10.6. The number of carbonyl (C=O) groups excluding carboxylic acids is 2. The van der Waals surface area contributed by atoms with Crippen LogP contribution in [0.3, 0.4) is 0 Å². The smallest absolute Gasteiger partial charge is 0.277 e. The van der Waals surface area contributed by atoms with Crippen LogP contribution in [0.15, 0.2) is 72.8 Å². The molecule has 3 unspecified atom stereocenters. The van der Waals surface area contributed by atoms with Crippen molar-refractivity contribution in [2.75, 3.05) is 22.1 Å². The Morgan fingerprint density at radius 1 is 1.14 bits per heavy atom. The van der Waals surface area contributed by atoms with Gasteiger partial charge in [0.1, 0.15) is 29.4 Å². The molecule has 37 heavy (non-hydrogen) atoms. The monoisotopic (exact) mass is 492 g/mol. The second-order valence-electron chi connectivity index (χ2n) is 10.1. The van der Waals surface area contributed by atoms with Gasteiger partial charge in [-0.15, -0.1) is 0 Å². The number of aromatic hydroxyl groups is 1. The summed E-state index contributed by atoms with van der Waals surface area (Å²) in [6.07, 6.45) is 11.6. The van der Waals surface area contributed by atoms with Crippen molar-refractivity contribution in [3.63, 3.8) is 0 Å². The van der Waals surface area contributed by atoms with Crippen LogP contribution < -0.4 is 15.5 Å². The standard InChI is InChI=1S/C28H24N6O3/c35-20-6-4-16-7-9-34(23(16)11-20)26(36)22-12-24(31-15-30-22)32-19-5-3-17-13-28(14-18(17)10-19)21-2-1-8-29-25(21)33-27(28)37/h1-6,8,10-12,15,17-18,35H,7,9,13-14H2,(H,29,33,37)(H,30,31,32). The lowest BCUT2D eigenvalue weighted by atomic mass is 9.79. The fourth-order valence-corrected chi connectivity index (χ4v) is 6.23. The maximum atomic E-state index is 13.2. The number of anilines is 3. The molecule has 1 fully saturated rings. The van der Waals surface area contributed by atoms with Crippen LogP contribution in [0.2, 0.25) is 0 Å². The van der Waals surface area contributed by atoms with Gasteiger partial charge < -0.3 is 20.6 Å². The Bertz CT molecular complexity index is 1530. The number of aromatic nitrogens is 3. The van der Waals surface area contributed by atoms with Crippen molar-refractivity contribution < 1.29 is 14.7 Å². The molecule has 9 heteroatoms. The third kappa shape index (κ3) is 3.41. The highest BCUT2D eigenvalue weighted by Crippen LogP contribution is 2.54. The van der Waals surface area contributed by atoms with Crippen molar-refractivity contribution >= 4 is 29.1 Å². The van der Waals surface area contributed by atoms with Crippen LogP contribution in [-0.4, -0.2) is 38.4 Å². The summed E-state index contributed by atoms with van der Waals surface area (Å²) < 4.78 is 0. The number of fused-ring (bicyclic) bond motifs is 4. The summed E-state index contributed by atoms with van der Waals surface area (Å²) in [5.41, 5.74) is 3.32. The molecule has 2 aromatic heterocycles. The first kappa shape index (κ1) is 21.7.